The Labute approximate surface area is 174 Å². The van der Waals surface area contributed by atoms with Gasteiger partial charge < -0.3 is 20.1 Å². The summed E-state index contributed by atoms with van der Waals surface area (Å²) in [5, 5.41) is 5.73. The number of halogens is 2. The number of nitrogens with one attached hydrogen (secondary N) is 2. The Morgan fingerprint density at radius 2 is 2.21 bits per heavy atom. The maximum Gasteiger partial charge on any atom is 0.260 e. The number of anilines is 1. The van der Waals surface area contributed by atoms with Gasteiger partial charge in [0, 0.05) is 10.0 Å². The Balaban J connectivity index is 1.87. The Hall–Kier alpha value is -2.63. The van der Waals surface area contributed by atoms with E-state index in [1.54, 1.807) is 36.4 Å². The summed E-state index contributed by atoms with van der Waals surface area (Å²) >= 11 is 4.66. The van der Waals surface area contributed by atoms with Gasteiger partial charge >= 0.3 is 0 Å². The van der Waals surface area contributed by atoms with Crippen molar-refractivity contribution in [1.82, 2.24) is 5.32 Å². The molecule has 0 spiro atoms. The number of hydrogen-bond acceptors (Lipinski definition) is 5. The Kier molecular flexibility index (Phi) is 6.49. The van der Waals surface area contributed by atoms with Crippen molar-refractivity contribution < 1.29 is 18.7 Å². The number of hydrogen-bond donors (Lipinski definition) is 2. The van der Waals surface area contributed by atoms with Crippen molar-refractivity contribution in [2.24, 2.45) is 0 Å². The normalized spacial score (nSPS) is 17.1. The van der Waals surface area contributed by atoms with Crippen LogP contribution in [0.4, 0.5) is 10.1 Å². The Morgan fingerprint density at radius 3 is 2.93 bits per heavy atom. The molecule has 1 unspecified atom stereocenters. The van der Waals surface area contributed by atoms with E-state index in [9.17, 15) is 9.18 Å². The van der Waals surface area contributed by atoms with E-state index in [4.69, 9.17) is 15.9 Å². The number of carbonyl (C=O) groups is 1. The van der Waals surface area contributed by atoms with Crippen LogP contribution < -0.4 is 20.1 Å². The number of terminal acetylenes is 1. The zero-order valence-electron chi connectivity index (χ0n) is 14.8. The molecular formula is C20H16BrFN2O3S. The van der Waals surface area contributed by atoms with Gasteiger partial charge in [-0.2, -0.15) is 0 Å². The topological polar surface area (TPSA) is 59.6 Å². The lowest BCUT2D eigenvalue weighted by Gasteiger charge is -2.13. The summed E-state index contributed by atoms with van der Waals surface area (Å²) in [4.78, 5) is 12.8. The van der Waals surface area contributed by atoms with Crippen molar-refractivity contribution in [3.63, 3.8) is 0 Å². The van der Waals surface area contributed by atoms with Gasteiger partial charge in [-0.3, -0.25) is 4.79 Å². The fraction of sp³-hybridized carbons (Fsp3) is 0.150. The Morgan fingerprint density at radius 1 is 1.43 bits per heavy atom. The second-order valence-electron chi connectivity index (χ2n) is 5.62. The van der Waals surface area contributed by atoms with Crippen molar-refractivity contribution in [3.05, 3.63) is 57.2 Å². The molecule has 2 aromatic rings. The standard InChI is InChI=1S/C20H16BrFN2O3S/c1-3-8-27-18-12(9-13(21)11-16(18)26-2)10-17-19(25)24-20(28-17)23-15-7-5-4-6-14(15)22/h1,4-7,9-11,20,23H,8H2,2H3,(H,24,25)/b17-10-. The first-order valence-electron chi connectivity index (χ1n) is 8.16. The summed E-state index contributed by atoms with van der Waals surface area (Å²) in [5.74, 6) is 2.67. The van der Waals surface area contributed by atoms with Crippen LogP contribution in [-0.2, 0) is 4.79 Å². The van der Waals surface area contributed by atoms with Crippen molar-refractivity contribution in [3.8, 4) is 23.8 Å². The first kappa shape index (κ1) is 20.1. The number of rotatable bonds is 6. The highest BCUT2D eigenvalue weighted by atomic mass is 79.9. The molecule has 1 atom stereocenters. The van der Waals surface area contributed by atoms with E-state index >= 15 is 0 Å². The number of ether oxygens (including phenoxy) is 2. The molecule has 1 aliphatic heterocycles. The third-order valence-corrected chi connectivity index (χ3v) is 5.23. The van der Waals surface area contributed by atoms with E-state index < -0.39 is 11.3 Å². The monoisotopic (exact) mass is 462 g/mol. The highest BCUT2D eigenvalue weighted by Gasteiger charge is 2.28. The van der Waals surface area contributed by atoms with E-state index in [1.165, 1.54) is 24.9 Å². The number of para-hydroxylation sites is 1. The lowest BCUT2D eigenvalue weighted by Crippen LogP contribution is -2.31. The van der Waals surface area contributed by atoms with Crippen molar-refractivity contribution in [2.75, 3.05) is 19.0 Å². The van der Waals surface area contributed by atoms with Gasteiger partial charge in [0.05, 0.1) is 17.7 Å². The molecule has 5 nitrogen and oxygen atoms in total. The van der Waals surface area contributed by atoms with E-state index in [1.807, 2.05) is 0 Å². The van der Waals surface area contributed by atoms with Gasteiger partial charge in [0.2, 0.25) is 0 Å². The summed E-state index contributed by atoms with van der Waals surface area (Å²) in [6.07, 6.45) is 6.97. The van der Waals surface area contributed by atoms with Gasteiger partial charge in [0.1, 0.15) is 12.4 Å². The summed E-state index contributed by atoms with van der Waals surface area (Å²) < 4.78 is 25.6. The predicted molar refractivity (Wildman–Crippen MR) is 113 cm³/mol. The van der Waals surface area contributed by atoms with Crippen LogP contribution in [-0.4, -0.2) is 25.1 Å². The van der Waals surface area contributed by atoms with Gasteiger partial charge in [0.15, 0.2) is 17.0 Å². The summed E-state index contributed by atoms with van der Waals surface area (Å²) in [5.41, 5.74) is 0.439. The van der Waals surface area contributed by atoms with Crippen molar-refractivity contribution in [2.45, 2.75) is 5.50 Å². The third kappa shape index (κ3) is 4.61. The molecule has 144 valence electrons. The molecule has 1 fully saturated rings. The molecule has 28 heavy (non-hydrogen) atoms. The van der Waals surface area contributed by atoms with Crippen LogP contribution in [0.25, 0.3) is 6.08 Å². The Bertz CT molecular complexity index is 974. The number of thioether (sulfide) groups is 1. The smallest absolute Gasteiger partial charge is 0.260 e. The third-order valence-electron chi connectivity index (χ3n) is 3.75. The van der Waals surface area contributed by atoms with Gasteiger partial charge in [-0.05, 0) is 30.3 Å². The maximum absolute atomic E-state index is 13.8. The molecular weight excluding hydrogens is 447 g/mol. The van der Waals surface area contributed by atoms with Gasteiger partial charge in [-0.15, -0.1) is 6.42 Å². The number of amides is 1. The van der Waals surface area contributed by atoms with E-state index in [2.05, 4.69) is 32.5 Å². The molecule has 1 saturated heterocycles. The van der Waals surface area contributed by atoms with Crippen LogP contribution in [0.1, 0.15) is 5.56 Å². The molecule has 0 aromatic heterocycles. The largest absolute Gasteiger partial charge is 0.493 e. The molecule has 8 heteroatoms. The SMILES string of the molecule is C#CCOc1c(/C=C2\SC(Nc3ccccc3F)NC2=O)cc(Br)cc1OC. The van der Waals surface area contributed by atoms with Crippen molar-refractivity contribution >= 4 is 45.4 Å². The fourth-order valence-corrected chi connectivity index (χ4v) is 3.96. The second kappa shape index (κ2) is 9.04. The number of benzene rings is 2. The molecule has 0 bridgehead atoms. The number of methoxy groups -OCH3 is 1. The summed E-state index contributed by atoms with van der Waals surface area (Å²) in [6.45, 7) is 0.0605. The number of carbonyl (C=O) groups excluding carboxylic acids is 1. The average Bonchev–Trinajstić information content (AvgIpc) is 3.01. The van der Waals surface area contributed by atoms with Gasteiger partial charge in [0.25, 0.3) is 5.91 Å². The molecule has 1 aliphatic rings. The lowest BCUT2D eigenvalue weighted by molar-refractivity contribution is -0.116. The van der Waals surface area contributed by atoms with Crippen LogP contribution in [0.15, 0.2) is 45.8 Å². The highest BCUT2D eigenvalue weighted by molar-refractivity contribution is 9.10. The zero-order chi connectivity index (χ0) is 20.1. The summed E-state index contributed by atoms with van der Waals surface area (Å²) in [7, 11) is 1.52. The van der Waals surface area contributed by atoms with Crippen LogP contribution in [0.3, 0.4) is 0 Å². The summed E-state index contributed by atoms with van der Waals surface area (Å²) in [6, 6.07) is 9.82. The van der Waals surface area contributed by atoms with Crippen LogP contribution >= 0.6 is 27.7 Å². The molecule has 2 aromatic carbocycles. The van der Waals surface area contributed by atoms with Crippen molar-refractivity contribution in [1.29, 1.82) is 0 Å². The first-order chi connectivity index (χ1) is 13.5. The maximum atomic E-state index is 13.8. The van der Waals surface area contributed by atoms with Crippen LogP contribution in [0.2, 0.25) is 0 Å². The van der Waals surface area contributed by atoms with Gasteiger partial charge in [-0.25, -0.2) is 4.39 Å². The first-order valence-corrected chi connectivity index (χ1v) is 9.83. The molecule has 0 radical (unpaired) electrons. The average molecular weight is 463 g/mol. The van der Waals surface area contributed by atoms with E-state index in [-0.39, 0.29) is 12.5 Å². The molecule has 2 N–H and O–H groups in total. The fourth-order valence-electron chi connectivity index (χ4n) is 2.54. The minimum atomic E-state index is -0.500. The molecule has 3 rings (SSSR count). The molecule has 1 amide bonds. The second-order valence-corrected chi connectivity index (χ2v) is 7.69. The molecule has 0 saturated carbocycles. The quantitative estimate of drug-likeness (QED) is 0.497. The van der Waals surface area contributed by atoms with Crippen LogP contribution in [0, 0.1) is 18.2 Å². The highest BCUT2D eigenvalue weighted by Crippen LogP contribution is 2.38. The minimum absolute atomic E-state index is 0.0605. The molecule has 1 heterocycles. The van der Waals surface area contributed by atoms with E-state index in [0.717, 1.165) is 4.47 Å². The lowest BCUT2D eigenvalue weighted by atomic mass is 10.1. The minimum Gasteiger partial charge on any atom is -0.493 e. The van der Waals surface area contributed by atoms with Crippen LogP contribution in [0.5, 0.6) is 11.5 Å². The van der Waals surface area contributed by atoms with Gasteiger partial charge in [-0.1, -0.05) is 45.7 Å². The van der Waals surface area contributed by atoms with E-state index in [0.29, 0.717) is 27.7 Å². The zero-order valence-corrected chi connectivity index (χ0v) is 17.2. The molecule has 0 aliphatic carbocycles. The predicted octanol–water partition coefficient (Wildman–Crippen LogP) is 4.21.